The number of halogens is 1. The second-order valence-corrected chi connectivity index (χ2v) is 6.99. The van der Waals surface area contributed by atoms with E-state index in [9.17, 15) is 4.39 Å². The number of morpholine rings is 1. The lowest BCUT2D eigenvalue weighted by Crippen LogP contribution is -2.43. The van der Waals surface area contributed by atoms with Crippen molar-refractivity contribution >= 4 is 10.8 Å². The highest BCUT2D eigenvalue weighted by molar-refractivity contribution is 5.86. The predicted octanol–water partition coefficient (Wildman–Crippen LogP) is 4.53. The molecule has 3 aromatic rings. The van der Waals surface area contributed by atoms with Gasteiger partial charge in [0.2, 0.25) is 0 Å². The molecule has 1 fully saturated rings. The first-order valence-corrected chi connectivity index (χ1v) is 9.41. The molecule has 0 aromatic heterocycles. The first-order valence-electron chi connectivity index (χ1n) is 9.41. The van der Waals surface area contributed by atoms with Gasteiger partial charge in [0, 0.05) is 6.54 Å². The van der Waals surface area contributed by atoms with E-state index in [1.807, 2.05) is 0 Å². The first kappa shape index (κ1) is 18.1. The van der Waals surface area contributed by atoms with Gasteiger partial charge in [-0.25, -0.2) is 4.39 Å². The molecule has 3 nitrogen and oxygen atoms in total. The van der Waals surface area contributed by atoms with E-state index in [4.69, 9.17) is 9.47 Å². The van der Waals surface area contributed by atoms with Gasteiger partial charge in [-0.05, 0) is 47.4 Å². The molecule has 4 rings (SSSR count). The molecular formula is C23H24FNO2. The summed E-state index contributed by atoms with van der Waals surface area (Å²) in [6, 6.07) is 19.3. The van der Waals surface area contributed by atoms with Crippen molar-refractivity contribution in [2.45, 2.75) is 25.7 Å². The number of rotatable bonds is 5. The van der Waals surface area contributed by atoms with Crippen LogP contribution in [0.4, 0.5) is 4.39 Å². The zero-order valence-electron chi connectivity index (χ0n) is 15.5. The van der Waals surface area contributed by atoms with Crippen LogP contribution >= 0.6 is 0 Å². The van der Waals surface area contributed by atoms with Crippen molar-refractivity contribution in [1.29, 1.82) is 0 Å². The molecule has 3 aromatic carbocycles. The Labute approximate surface area is 159 Å². The zero-order chi connectivity index (χ0) is 18.6. The van der Waals surface area contributed by atoms with Gasteiger partial charge in [-0.3, -0.25) is 0 Å². The van der Waals surface area contributed by atoms with Crippen LogP contribution < -0.4 is 5.32 Å². The molecule has 1 aliphatic heterocycles. The summed E-state index contributed by atoms with van der Waals surface area (Å²) < 4.78 is 25.2. The number of fused-ring (bicyclic) bond motifs is 1. The minimum atomic E-state index is -0.375. The molecule has 0 aliphatic carbocycles. The summed E-state index contributed by atoms with van der Waals surface area (Å²) in [5, 5.41) is 5.94. The monoisotopic (exact) mass is 365 g/mol. The maximum atomic E-state index is 13.2. The fourth-order valence-corrected chi connectivity index (χ4v) is 3.72. The summed E-state index contributed by atoms with van der Waals surface area (Å²) in [5.41, 5.74) is 3.51. The van der Waals surface area contributed by atoms with Gasteiger partial charge in [-0.1, -0.05) is 54.1 Å². The van der Waals surface area contributed by atoms with Crippen molar-refractivity contribution < 1.29 is 13.9 Å². The minimum absolute atomic E-state index is 0.0893. The SMILES string of the molecule is Cc1cc(CCO[C@@H]2OCCN[C@H]2c2ccc(F)cc2)c2ccccc2c1. The number of hydrogen-bond donors (Lipinski definition) is 1. The van der Waals surface area contributed by atoms with Gasteiger partial charge in [0.1, 0.15) is 5.82 Å². The second kappa shape index (κ2) is 8.17. The highest BCUT2D eigenvalue weighted by Crippen LogP contribution is 2.25. The molecule has 1 saturated heterocycles. The average molecular weight is 365 g/mol. The second-order valence-electron chi connectivity index (χ2n) is 6.99. The molecule has 0 spiro atoms. The van der Waals surface area contributed by atoms with Crippen LogP contribution in [0.5, 0.6) is 0 Å². The third kappa shape index (κ3) is 4.19. The zero-order valence-corrected chi connectivity index (χ0v) is 15.5. The Morgan fingerprint density at radius 2 is 1.93 bits per heavy atom. The number of aryl methyl sites for hydroxylation is 1. The minimum Gasteiger partial charge on any atom is -0.350 e. The Morgan fingerprint density at radius 1 is 1.11 bits per heavy atom. The van der Waals surface area contributed by atoms with Gasteiger partial charge < -0.3 is 14.8 Å². The van der Waals surface area contributed by atoms with Crippen molar-refractivity contribution in [2.24, 2.45) is 0 Å². The third-order valence-corrected chi connectivity index (χ3v) is 5.00. The molecule has 0 unspecified atom stereocenters. The molecule has 1 N–H and O–H groups in total. The lowest BCUT2D eigenvalue weighted by atomic mass is 9.99. The summed E-state index contributed by atoms with van der Waals surface area (Å²) in [6.07, 6.45) is 0.443. The van der Waals surface area contributed by atoms with Crippen LogP contribution in [0.25, 0.3) is 10.8 Å². The van der Waals surface area contributed by atoms with Crippen LogP contribution in [0.15, 0.2) is 60.7 Å². The fourth-order valence-electron chi connectivity index (χ4n) is 3.72. The van der Waals surface area contributed by atoms with Crippen molar-refractivity contribution in [3.8, 4) is 0 Å². The topological polar surface area (TPSA) is 30.5 Å². The molecule has 2 atom stereocenters. The maximum Gasteiger partial charge on any atom is 0.176 e. The van der Waals surface area contributed by atoms with E-state index in [0.29, 0.717) is 13.2 Å². The molecule has 0 saturated carbocycles. The normalized spacial score (nSPS) is 20.1. The molecule has 0 radical (unpaired) electrons. The Hall–Kier alpha value is -2.27. The van der Waals surface area contributed by atoms with Gasteiger partial charge >= 0.3 is 0 Å². The van der Waals surface area contributed by atoms with Crippen molar-refractivity contribution in [1.82, 2.24) is 5.32 Å². The molecule has 1 heterocycles. The number of hydrogen-bond acceptors (Lipinski definition) is 3. The Balaban J connectivity index is 1.45. The predicted molar refractivity (Wildman–Crippen MR) is 105 cm³/mol. The molecular weight excluding hydrogens is 341 g/mol. The van der Waals surface area contributed by atoms with Crippen LogP contribution in [0, 0.1) is 12.7 Å². The van der Waals surface area contributed by atoms with E-state index in [1.165, 1.54) is 34.0 Å². The Morgan fingerprint density at radius 3 is 2.78 bits per heavy atom. The van der Waals surface area contributed by atoms with Crippen molar-refractivity contribution in [3.63, 3.8) is 0 Å². The van der Waals surface area contributed by atoms with Crippen molar-refractivity contribution in [3.05, 3.63) is 83.2 Å². The van der Waals surface area contributed by atoms with Gasteiger partial charge in [-0.2, -0.15) is 0 Å². The number of benzene rings is 3. The quantitative estimate of drug-likeness (QED) is 0.720. The molecule has 1 aliphatic rings. The van der Waals surface area contributed by atoms with Crippen LogP contribution in [0.1, 0.15) is 22.7 Å². The summed E-state index contributed by atoms with van der Waals surface area (Å²) in [7, 11) is 0. The van der Waals surface area contributed by atoms with E-state index in [-0.39, 0.29) is 18.1 Å². The average Bonchev–Trinajstić information content (AvgIpc) is 2.69. The summed E-state index contributed by atoms with van der Waals surface area (Å²) in [5.74, 6) is -0.237. The van der Waals surface area contributed by atoms with E-state index in [0.717, 1.165) is 18.5 Å². The third-order valence-electron chi connectivity index (χ3n) is 5.00. The largest absolute Gasteiger partial charge is 0.350 e. The molecule has 27 heavy (non-hydrogen) atoms. The molecule has 140 valence electrons. The summed E-state index contributed by atoms with van der Waals surface area (Å²) in [6.45, 7) is 4.05. The van der Waals surface area contributed by atoms with Crippen LogP contribution in [-0.2, 0) is 15.9 Å². The highest BCUT2D eigenvalue weighted by atomic mass is 19.1. The van der Waals surface area contributed by atoms with Gasteiger partial charge in [0.05, 0.1) is 19.3 Å². The lowest BCUT2D eigenvalue weighted by molar-refractivity contribution is -0.176. The molecule has 0 amide bonds. The lowest BCUT2D eigenvalue weighted by Gasteiger charge is -2.33. The van der Waals surface area contributed by atoms with Crippen LogP contribution in [0.3, 0.4) is 0 Å². The van der Waals surface area contributed by atoms with Gasteiger partial charge in [-0.15, -0.1) is 0 Å². The molecule has 4 heteroatoms. The summed E-state index contributed by atoms with van der Waals surface area (Å²) in [4.78, 5) is 0. The van der Waals surface area contributed by atoms with E-state index >= 15 is 0 Å². The number of ether oxygens (including phenoxy) is 2. The van der Waals surface area contributed by atoms with E-state index < -0.39 is 0 Å². The number of nitrogens with one attached hydrogen (secondary N) is 1. The fraction of sp³-hybridized carbons (Fsp3) is 0.304. The van der Waals surface area contributed by atoms with E-state index in [2.05, 4.69) is 48.6 Å². The van der Waals surface area contributed by atoms with E-state index in [1.54, 1.807) is 12.1 Å². The highest BCUT2D eigenvalue weighted by Gasteiger charge is 2.27. The maximum absolute atomic E-state index is 13.2. The molecule has 0 bridgehead atoms. The Kier molecular flexibility index (Phi) is 5.48. The van der Waals surface area contributed by atoms with Crippen LogP contribution in [0.2, 0.25) is 0 Å². The summed E-state index contributed by atoms with van der Waals surface area (Å²) >= 11 is 0. The smallest absolute Gasteiger partial charge is 0.176 e. The Bertz CT molecular complexity index is 910. The van der Waals surface area contributed by atoms with Gasteiger partial charge in [0.25, 0.3) is 0 Å². The standard InChI is InChI=1S/C23H24FNO2/c1-16-14-18-4-2-3-5-21(18)19(15-16)10-12-26-23-22(25-11-13-27-23)17-6-8-20(24)9-7-17/h2-9,14-15,22-23,25H,10-13H2,1H3/t22-,23+/m0/s1. The first-order chi connectivity index (χ1) is 13.2. The van der Waals surface area contributed by atoms with Crippen LogP contribution in [-0.4, -0.2) is 26.0 Å². The van der Waals surface area contributed by atoms with Crippen molar-refractivity contribution in [2.75, 3.05) is 19.8 Å². The van der Waals surface area contributed by atoms with Gasteiger partial charge in [0.15, 0.2) is 6.29 Å².